The molecular formula is C23H25ClN6O3. The molecule has 2 heterocycles. The van der Waals surface area contributed by atoms with E-state index in [1.807, 2.05) is 18.2 Å². The highest BCUT2D eigenvalue weighted by atomic mass is 35.5. The highest BCUT2D eigenvalue weighted by molar-refractivity contribution is 6.29. The minimum Gasteiger partial charge on any atom is -0.388 e. The SMILES string of the molecule is CNc1ccc2c(c1)c(C=O)nn2CC(=O)NC1CCC(CC(=O)Nc2cccc(Cl)n2)C1. The van der Waals surface area contributed by atoms with Crippen LogP contribution in [-0.4, -0.2) is 46.0 Å². The lowest BCUT2D eigenvalue weighted by atomic mass is 10.0. The largest absolute Gasteiger partial charge is 0.388 e. The molecule has 1 saturated carbocycles. The summed E-state index contributed by atoms with van der Waals surface area (Å²) in [6, 6.07) is 10.6. The Labute approximate surface area is 195 Å². The van der Waals surface area contributed by atoms with Crippen molar-refractivity contribution < 1.29 is 14.4 Å². The number of nitrogens with zero attached hydrogens (tertiary/aromatic N) is 3. The van der Waals surface area contributed by atoms with Crippen molar-refractivity contribution in [2.24, 2.45) is 5.92 Å². The Bertz CT molecular complexity index is 1190. The first-order valence-corrected chi connectivity index (χ1v) is 11.2. The molecule has 3 N–H and O–H groups in total. The second-order valence-electron chi connectivity index (χ2n) is 8.18. The highest BCUT2D eigenvalue weighted by Crippen LogP contribution is 2.29. The van der Waals surface area contributed by atoms with E-state index in [-0.39, 0.29) is 30.3 Å². The Balaban J connectivity index is 1.31. The molecule has 1 aliphatic carbocycles. The lowest BCUT2D eigenvalue weighted by molar-refractivity contribution is -0.122. The number of aldehydes is 1. The standard InChI is InChI=1S/C23H25ClN6O3/c1-25-15-7-8-19-17(11-15)18(13-31)29-30(19)12-23(33)26-16-6-5-14(9-16)10-22(32)28-21-4-2-3-20(24)27-21/h2-4,7-8,11,13-14,16,25H,5-6,9-10,12H2,1H3,(H,26,33)(H,27,28,32). The predicted molar refractivity (Wildman–Crippen MR) is 126 cm³/mol. The Morgan fingerprint density at radius 3 is 2.82 bits per heavy atom. The number of aromatic nitrogens is 3. The van der Waals surface area contributed by atoms with Crippen LogP contribution in [0.15, 0.2) is 36.4 Å². The van der Waals surface area contributed by atoms with Gasteiger partial charge in [0.2, 0.25) is 11.8 Å². The number of rotatable bonds is 8. The number of pyridine rings is 1. The molecule has 1 aromatic carbocycles. The molecule has 0 aliphatic heterocycles. The van der Waals surface area contributed by atoms with Crippen molar-refractivity contribution in [1.29, 1.82) is 0 Å². The molecule has 1 aliphatic rings. The second kappa shape index (κ2) is 9.99. The molecule has 33 heavy (non-hydrogen) atoms. The molecule has 9 nitrogen and oxygen atoms in total. The molecule has 3 aromatic rings. The van der Waals surface area contributed by atoms with Crippen LogP contribution in [-0.2, 0) is 16.1 Å². The molecule has 0 radical (unpaired) electrons. The van der Waals surface area contributed by atoms with Crippen LogP contribution in [0.5, 0.6) is 0 Å². The Morgan fingerprint density at radius 2 is 2.06 bits per heavy atom. The van der Waals surface area contributed by atoms with Gasteiger partial charge in [0.15, 0.2) is 6.29 Å². The summed E-state index contributed by atoms with van der Waals surface area (Å²) in [7, 11) is 1.80. The number of benzene rings is 1. The van der Waals surface area contributed by atoms with Crippen LogP contribution < -0.4 is 16.0 Å². The summed E-state index contributed by atoms with van der Waals surface area (Å²) in [6.45, 7) is 0.0192. The lowest BCUT2D eigenvalue weighted by Gasteiger charge is -2.14. The molecule has 0 saturated heterocycles. The van der Waals surface area contributed by atoms with Gasteiger partial charge in [-0.25, -0.2) is 4.98 Å². The molecule has 0 spiro atoms. The second-order valence-corrected chi connectivity index (χ2v) is 8.57. The van der Waals surface area contributed by atoms with E-state index >= 15 is 0 Å². The third-order valence-electron chi connectivity index (χ3n) is 5.84. The van der Waals surface area contributed by atoms with Crippen LogP contribution in [0.1, 0.15) is 36.2 Å². The zero-order valence-electron chi connectivity index (χ0n) is 18.2. The third-order valence-corrected chi connectivity index (χ3v) is 6.05. The average molecular weight is 469 g/mol. The van der Waals surface area contributed by atoms with Crippen LogP contribution in [0.25, 0.3) is 10.9 Å². The van der Waals surface area contributed by atoms with E-state index in [2.05, 4.69) is 26.0 Å². The summed E-state index contributed by atoms with van der Waals surface area (Å²) in [6.07, 6.45) is 3.45. The summed E-state index contributed by atoms with van der Waals surface area (Å²) >= 11 is 5.85. The number of anilines is 2. The van der Waals surface area contributed by atoms with E-state index in [9.17, 15) is 14.4 Å². The van der Waals surface area contributed by atoms with Crippen LogP contribution >= 0.6 is 11.6 Å². The highest BCUT2D eigenvalue weighted by Gasteiger charge is 2.28. The number of halogens is 1. The van der Waals surface area contributed by atoms with E-state index in [0.29, 0.717) is 34.8 Å². The van der Waals surface area contributed by atoms with Crippen molar-refractivity contribution in [2.75, 3.05) is 17.7 Å². The zero-order chi connectivity index (χ0) is 23.4. The molecule has 4 rings (SSSR count). The number of hydrogen-bond donors (Lipinski definition) is 3. The molecule has 10 heteroatoms. The first kappa shape index (κ1) is 22.7. The van der Waals surface area contributed by atoms with Crippen molar-refractivity contribution in [3.63, 3.8) is 0 Å². The number of carbonyl (C=O) groups excluding carboxylic acids is 3. The Kier molecular flexibility index (Phi) is 6.88. The summed E-state index contributed by atoms with van der Waals surface area (Å²) in [5.41, 5.74) is 1.89. The van der Waals surface area contributed by atoms with Gasteiger partial charge in [-0.05, 0) is 55.5 Å². The van der Waals surface area contributed by atoms with Crippen LogP contribution in [0.4, 0.5) is 11.5 Å². The smallest absolute Gasteiger partial charge is 0.241 e. The van der Waals surface area contributed by atoms with E-state index in [0.717, 1.165) is 30.5 Å². The Hall–Kier alpha value is -3.46. The van der Waals surface area contributed by atoms with Crippen molar-refractivity contribution in [2.45, 2.75) is 38.3 Å². The topological polar surface area (TPSA) is 118 Å². The number of fused-ring (bicyclic) bond motifs is 1. The summed E-state index contributed by atoms with van der Waals surface area (Å²) < 4.78 is 1.55. The van der Waals surface area contributed by atoms with E-state index in [1.54, 1.807) is 29.9 Å². The van der Waals surface area contributed by atoms with Gasteiger partial charge in [-0.3, -0.25) is 19.1 Å². The maximum Gasteiger partial charge on any atom is 0.241 e. The average Bonchev–Trinajstić information content (AvgIpc) is 3.36. The van der Waals surface area contributed by atoms with Gasteiger partial charge < -0.3 is 16.0 Å². The Morgan fingerprint density at radius 1 is 1.21 bits per heavy atom. The first-order chi connectivity index (χ1) is 15.9. The van der Waals surface area contributed by atoms with Crippen molar-refractivity contribution >= 4 is 52.1 Å². The lowest BCUT2D eigenvalue weighted by Crippen LogP contribution is -2.35. The summed E-state index contributed by atoms with van der Waals surface area (Å²) in [4.78, 5) is 40.5. The van der Waals surface area contributed by atoms with Gasteiger partial charge in [-0.2, -0.15) is 5.10 Å². The first-order valence-electron chi connectivity index (χ1n) is 10.8. The number of nitrogens with one attached hydrogen (secondary N) is 3. The predicted octanol–water partition coefficient (Wildman–Crippen LogP) is 3.25. The van der Waals surface area contributed by atoms with E-state index < -0.39 is 0 Å². The molecular weight excluding hydrogens is 444 g/mol. The van der Waals surface area contributed by atoms with Gasteiger partial charge in [0.1, 0.15) is 23.2 Å². The maximum absolute atomic E-state index is 12.7. The molecule has 2 atom stereocenters. The van der Waals surface area contributed by atoms with Gasteiger partial charge in [0.05, 0.1) is 5.52 Å². The van der Waals surface area contributed by atoms with Crippen molar-refractivity contribution in [3.05, 3.63) is 47.2 Å². The van der Waals surface area contributed by atoms with E-state index in [1.165, 1.54) is 0 Å². The quantitative estimate of drug-likeness (QED) is 0.345. The van der Waals surface area contributed by atoms with Crippen LogP contribution in [0.2, 0.25) is 5.15 Å². The van der Waals surface area contributed by atoms with Crippen molar-refractivity contribution in [1.82, 2.24) is 20.1 Å². The normalized spacial score (nSPS) is 17.6. The number of carbonyl (C=O) groups is 3. The summed E-state index contributed by atoms with van der Waals surface area (Å²) in [5, 5.41) is 14.1. The fourth-order valence-corrected chi connectivity index (χ4v) is 4.47. The minimum absolute atomic E-state index is 0.00264. The maximum atomic E-state index is 12.7. The van der Waals surface area contributed by atoms with Gasteiger partial charge in [0.25, 0.3) is 0 Å². The molecule has 2 amide bonds. The van der Waals surface area contributed by atoms with Gasteiger partial charge in [0, 0.05) is 30.6 Å². The third kappa shape index (κ3) is 5.48. The molecule has 1 fully saturated rings. The molecule has 2 unspecified atom stereocenters. The zero-order valence-corrected chi connectivity index (χ0v) is 18.9. The van der Waals surface area contributed by atoms with Gasteiger partial charge in [-0.1, -0.05) is 17.7 Å². The number of amides is 2. The van der Waals surface area contributed by atoms with Crippen molar-refractivity contribution in [3.8, 4) is 0 Å². The molecule has 0 bridgehead atoms. The molecule has 172 valence electrons. The van der Waals surface area contributed by atoms with Crippen LogP contribution in [0.3, 0.4) is 0 Å². The van der Waals surface area contributed by atoms with Gasteiger partial charge in [-0.15, -0.1) is 0 Å². The van der Waals surface area contributed by atoms with Crippen LogP contribution in [0, 0.1) is 5.92 Å². The van der Waals surface area contributed by atoms with Gasteiger partial charge >= 0.3 is 0 Å². The number of hydrogen-bond acceptors (Lipinski definition) is 6. The molecule has 2 aromatic heterocycles. The monoisotopic (exact) mass is 468 g/mol. The van der Waals surface area contributed by atoms with E-state index in [4.69, 9.17) is 11.6 Å². The fourth-order valence-electron chi connectivity index (χ4n) is 4.30. The minimum atomic E-state index is -0.173. The summed E-state index contributed by atoms with van der Waals surface area (Å²) in [5.74, 6) is 0.319. The fraction of sp³-hybridized carbons (Fsp3) is 0.348.